The van der Waals surface area contributed by atoms with Gasteiger partial charge in [-0.3, -0.25) is 9.59 Å². The first-order valence-electron chi connectivity index (χ1n) is 8.79. The lowest BCUT2D eigenvalue weighted by Crippen LogP contribution is -2.26. The third-order valence-corrected chi connectivity index (χ3v) is 5.13. The Hall–Kier alpha value is -2.77. The van der Waals surface area contributed by atoms with Crippen molar-refractivity contribution in [2.24, 2.45) is 0 Å². The van der Waals surface area contributed by atoms with E-state index in [-0.39, 0.29) is 17.5 Å². The van der Waals surface area contributed by atoms with Gasteiger partial charge in [0.2, 0.25) is 5.91 Å². The van der Waals surface area contributed by atoms with E-state index in [4.69, 9.17) is 11.6 Å². The first-order valence-corrected chi connectivity index (χ1v) is 9.94. The van der Waals surface area contributed by atoms with Crippen LogP contribution < -0.4 is 10.6 Å². The van der Waals surface area contributed by atoms with Crippen molar-refractivity contribution in [3.63, 3.8) is 0 Å². The van der Waals surface area contributed by atoms with Crippen LogP contribution in [0, 0.1) is 0 Å². The van der Waals surface area contributed by atoms with E-state index in [0.717, 1.165) is 22.7 Å². The van der Waals surface area contributed by atoms with Crippen LogP contribution in [0.3, 0.4) is 0 Å². The van der Waals surface area contributed by atoms with Crippen molar-refractivity contribution < 1.29 is 9.59 Å². The zero-order valence-electron chi connectivity index (χ0n) is 15.2. The van der Waals surface area contributed by atoms with E-state index in [0.29, 0.717) is 23.0 Å². The fourth-order valence-electron chi connectivity index (χ4n) is 2.75. The zero-order valence-corrected chi connectivity index (χ0v) is 16.8. The van der Waals surface area contributed by atoms with Crippen LogP contribution in [-0.4, -0.2) is 21.4 Å². The molecule has 2 N–H and O–H groups in total. The summed E-state index contributed by atoms with van der Waals surface area (Å²) in [4.78, 5) is 25.2. The summed E-state index contributed by atoms with van der Waals surface area (Å²) in [7, 11) is 0. The number of aromatic nitrogens is 2. The topological polar surface area (TPSA) is 84.0 Å². The van der Waals surface area contributed by atoms with Crippen molar-refractivity contribution in [3.8, 4) is 0 Å². The van der Waals surface area contributed by atoms with Gasteiger partial charge in [-0.2, -0.15) is 0 Å². The fraction of sp³-hybridized carbons (Fsp3) is 0.200. The highest BCUT2D eigenvalue weighted by Gasteiger charge is 2.23. The molecule has 1 atom stereocenters. The van der Waals surface area contributed by atoms with Crippen LogP contribution in [0.5, 0.6) is 0 Å². The normalized spacial score (nSPS) is 11.6. The summed E-state index contributed by atoms with van der Waals surface area (Å²) in [6, 6.07) is 16.7. The van der Waals surface area contributed by atoms with Crippen LogP contribution >= 0.6 is 23.1 Å². The maximum Gasteiger partial charge on any atom is 0.275 e. The van der Waals surface area contributed by atoms with Crippen molar-refractivity contribution in [2.45, 2.75) is 25.8 Å². The van der Waals surface area contributed by atoms with Crippen LogP contribution in [-0.2, 0) is 11.3 Å². The monoisotopic (exact) mass is 414 g/mol. The molecular formula is C20H19ClN4O2S. The summed E-state index contributed by atoms with van der Waals surface area (Å²) < 4.78 is 3.82. The SMILES string of the molecule is CCC(C(=O)Nc1snnc1C(=O)NCc1ccc(Cl)cc1)c1ccccc1. The maximum absolute atomic E-state index is 12.7. The standard InChI is InChI=1S/C20H19ClN4O2S/c1-2-16(14-6-4-3-5-7-14)18(26)23-20-17(24-25-28-20)19(27)22-12-13-8-10-15(21)11-9-13/h3-11,16H,2,12H2,1H3,(H,22,27)(H,23,26). The molecule has 1 unspecified atom stereocenters. The van der Waals surface area contributed by atoms with Crippen molar-refractivity contribution in [3.05, 3.63) is 76.4 Å². The van der Waals surface area contributed by atoms with Crippen LogP contribution in [0.1, 0.15) is 40.9 Å². The van der Waals surface area contributed by atoms with E-state index in [2.05, 4.69) is 20.2 Å². The molecule has 3 rings (SSSR count). The number of benzene rings is 2. The Morgan fingerprint density at radius 1 is 1.11 bits per heavy atom. The molecular weight excluding hydrogens is 396 g/mol. The molecule has 1 aromatic heterocycles. The Balaban J connectivity index is 1.66. The van der Waals surface area contributed by atoms with Gasteiger partial charge < -0.3 is 10.6 Å². The molecule has 28 heavy (non-hydrogen) atoms. The van der Waals surface area contributed by atoms with Crippen LogP contribution in [0.4, 0.5) is 5.00 Å². The molecule has 0 saturated heterocycles. The van der Waals surface area contributed by atoms with E-state index in [9.17, 15) is 9.59 Å². The average Bonchev–Trinajstić information content (AvgIpc) is 3.17. The lowest BCUT2D eigenvalue weighted by molar-refractivity contribution is -0.117. The molecule has 0 saturated carbocycles. The highest BCUT2D eigenvalue weighted by molar-refractivity contribution is 7.10. The first kappa shape index (κ1) is 20.0. The lowest BCUT2D eigenvalue weighted by Gasteiger charge is -2.14. The second-order valence-corrected chi connectivity index (χ2v) is 7.31. The molecule has 2 amide bonds. The van der Waals surface area contributed by atoms with Crippen molar-refractivity contribution in [1.29, 1.82) is 0 Å². The lowest BCUT2D eigenvalue weighted by atomic mass is 9.96. The Labute approximate surface area is 172 Å². The van der Waals surface area contributed by atoms with Crippen LogP contribution in [0.15, 0.2) is 54.6 Å². The van der Waals surface area contributed by atoms with Crippen LogP contribution in [0.2, 0.25) is 5.02 Å². The third-order valence-electron chi connectivity index (χ3n) is 4.23. The minimum Gasteiger partial charge on any atom is -0.346 e. The maximum atomic E-state index is 12.7. The minimum absolute atomic E-state index is 0.107. The van der Waals surface area contributed by atoms with Crippen molar-refractivity contribution in [2.75, 3.05) is 5.32 Å². The van der Waals surface area contributed by atoms with Gasteiger partial charge in [-0.1, -0.05) is 65.5 Å². The number of nitrogens with zero attached hydrogens (tertiary/aromatic N) is 2. The summed E-state index contributed by atoms with van der Waals surface area (Å²) in [5.41, 5.74) is 1.94. The quantitative estimate of drug-likeness (QED) is 0.605. The number of nitrogens with one attached hydrogen (secondary N) is 2. The molecule has 2 aromatic carbocycles. The number of carbonyl (C=O) groups is 2. The van der Waals surface area contributed by atoms with Gasteiger partial charge in [0, 0.05) is 23.1 Å². The number of anilines is 1. The largest absolute Gasteiger partial charge is 0.346 e. The predicted octanol–water partition coefficient (Wildman–Crippen LogP) is 4.25. The number of amides is 2. The second kappa shape index (κ2) is 9.43. The van der Waals surface area contributed by atoms with Crippen LogP contribution in [0.25, 0.3) is 0 Å². The highest BCUT2D eigenvalue weighted by Crippen LogP contribution is 2.24. The number of rotatable bonds is 7. The van der Waals surface area contributed by atoms with Gasteiger partial charge in [0.25, 0.3) is 5.91 Å². The van der Waals surface area contributed by atoms with Gasteiger partial charge in [-0.15, -0.1) is 5.10 Å². The third kappa shape index (κ3) is 4.94. The highest BCUT2D eigenvalue weighted by atomic mass is 35.5. The summed E-state index contributed by atoms with van der Waals surface area (Å²) >= 11 is 6.84. The van der Waals surface area contributed by atoms with E-state index in [1.165, 1.54) is 0 Å². The molecule has 3 aromatic rings. The molecule has 144 valence electrons. The van der Waals surface area contributed by atoms with Gasteiger partial charge in [-0.25, -0.2) is 0 Å². The van der Waals surface area contributed by atoms with E-state index < -0.39 is 5.91 Å². The number of halogens is 1. The first-order chi connectivity index (χ1) is 13.6. The fourth-order valence-corrected chi connectivity index (χ4v) is 3.44. The van der Waals surface area contributed by atoms with Gasteiger partial charge >= 0.3 is 0 Å². The second-order valence-electron chi connectivity index (χ2n) is 6.12. The Kier molecular flexibility index (Phi) is 6.73. The van der Waals surface area contributed by atoms with E-state index in [1.807, 2.05) is 49.4 Å². The van der Waals surface area contributed by atoms with Gasteiger partial charge in [0.15, 0.2) is 5.69 Å². The van der Waals surface area contributed by atoms with Crippen molar-refractivity contribution >= 4 is 39.9 Å². The molecule has 0 aliphatic carbocycles. The average molecular weight is 415 g/mol. The van der Waals surface area contributed by atoms with Gasteiger partial charge in [0.05, 0.1) is 5.92 Å². The van der Waals surface area contributed by atoms with Gasteiger partial charge in [0.1, 0.15) is 5.00 Å². The molecule has 0 spiro atoms. The van der Waals surface area contributed by atoms with Crippen molar-refractivity contribution in [1.82, 2.24) is 14.9 Å². The summed E-state index contributed by atoms with van der Waals surface area (Å²) in [6.07, 6.45) is 0.639. The Morgan fingerprint density at radius 2 is 1.82 bits per heavy atom. The summed E-state index contributed by atoms with van der Waals surface area (Å²) in [5, 5.41) is 10.4. The molecule has 0 aliphatic heterocycles. The van der Waals surface area contributed by atoms with E-state index >= 15 is 0 Å². The Morgan fingerprint density at radius 3 is 2.50 bits per heavy atom. The summed E-state index contributed by atoms with van der Waals surface area (Å²) in [6.45, 7) is 2.27. The Bertz CT molecular complexity index is 944. The molecule has 1 heterocycles. The number of hydrogen-bond donors (Lipinski definition) is 2. The number of carbonyl (C=O) groups excluding carboxylic acids is 2. The molecule has 0 aliphatic rings. The molecule has 8 heteroatoms. The molecule has 0 bridgehead atoms. The summed E-state index contributed by atoms with van der Waals surface area (Å²) in [5.74, 6) is -0.897. The smallest absolute Gasteiger partial charge is 0.275 e. The van der Waals surface area contributed by atoms with Gasteiger partial charge in [-0.05, 0) is 29.7 Å². The predicted molar refractivity (Wildman–Crippen MR) is 111 cm³/mol. The van der Waals surface area contributed by atoms with E-state index in [1.54, 1.807) is 12.1 Å². The zero-order chi connectivity index (χ0) is 19.9. The molecule has 0 radical (unpaired) electrons. The number of hydrogen-bond acceptors (Lipinski definition) is 5. The molecule has 6 nitrogen and oxygen atoms in total. The minimum atomic E-state index is -0.397. The molecule has 0 fully saturated rings.